The van der Waals surface area contributed by atoms with Gasteiger partial charge < -0.3 is 19.9 Å². The number of carbonyl (C=O) groups excluding carboxylic acids is 3. The van der Waals surface area contributed by atoms with Crippen LogP contribution in [-0.2, 0) is 32.4 Å². The number of aryl methyl sites for hydroxylation is 2. The molecule has 0 saturated carbocycles. The molecule has 1 atom stereocenters. The van der Waals surface area contributed by atoms with Crippen LogP contribution in [0, 0.1) is 19.8 Å². The van der Waals surface area contributed by atoms with Crippen LogP contribution in [-0.4, -0.2) is 93.1 Å². The number of H-pyrrole nitrogens is 1. The molecule has 334 valence electrons. The smallest absolute Gasteiger partial charge is 0.255 e. The van der Waals surface area contributed by atoms with E-state index in [2.05, 4.69) is 41.8 Å². The standard InChI is InChI=1S/C47H64N8O6S/c1-31-32(2)52-53-43(31)51-44-36-27-41(62(59,60)47(3,4)5)40(28-38(36)48-30-49-44)61-26-22-33-20-24-54(25-21-33)23-13-11-9-7-6-8-10-12-15-34-16-14-17-35-37(34)29-55(46(35)58)39-18-19-42(56)50-45(39)57/h14,16-17,27-28,30,33,39H,6-13,15,18-26,29H2,1-5H3,(H,50,56,57)(H2,48,49,51,52,53). The summed E-state index contributed by atoms with van der Waals surface area (Å²) in [4.78, 5) is 50.5. The number of anilines is 2. The van der Waals surface area contributed by atoms with E-state index in [9.17, 15) is 22.8 Å². The first-order valence-corrected chi connectivity index (χ1v) is 24.1. The van der Waals surface area contributed by atoms with Crippen molar-refractivity contribution in [3.05, 3.63) is 64.6 Å². The first-order chi connectivity index (χ1) is 29.7. The predicted octanol–water partition coefficient (Wildman–Crippen LogP) is 7.89. The third-order valence-electron chi connectivity index (χ3n) is 13.1. The number of nitrogens with zero attached hydrogens (tertiary/aromatic N) is 5. The molecule has 0 aliphatic carbocycles. The zero-order chi connectivity index (χ0) is 44.0. The molecule has 0 bridgehead atoms. The SMILES string of the molecule is Cc1[nH]nc(Nc2ncnc3cc(OCCC4CCN(CCCCCCCCCCc5cccc6c5CN(C5CCC(=O)NC5=O)C6=O)CC4)c(S(=O)(=O)C(C)(C)C)cc23)c1C. The number of ether oxygens (including phenoxy) is 1. The zero-order valence-corrected chi connectivity index (χ0v) is 38.0. The maximum Gasteiger partial charge on any atom is 0.255 e. The number of hydrogen-bond donors (Lipinski definition) is 3. The number of imide groups is 1. The maximum absolute atomic E-state index is 13.9. The Morgan fingerprint density at radius 3 is 2.32 bits per heavy atom. The van der Waals surface area contributed by atoms with E-state index < -0.39 is 20.6 Å². The summed E-state index contributed by atoms with van der Waals surface area (Å²) in [6.45, 7) is 13.2. The summed E-state index contributed by atoms with van der Waals surface area (Å²) < 4.78 is 33.1. The second-order valence-electron chi connectivity index (χ2n) is 18.4. The minimum atomic E-state index is -3.76. The van der Waals surface area contributed by atoms with E-state index in [0.29, 0.717) is 59.3 Å². The van der Waals surface area contributed by atoms with Crippen LogP contribution >= 0.6 is 0 Å². The molecule has 4 aromatic rings. The molecular weight excluding hydrogens is 805 g/mol. The highest BCUT2D eigenvalue weighted by Gasteiger charge is 2.40. The second kappa shape index (κ2) is 19.7. The van der Waals surface area contributed by atoms with E-state index in [0.717, 1.165) is 75.0 Å². The average Bonchev–Trinajstić information content (AvgIpc) is 3.75. The Balaban J connectivity index is 0.786. The van der Waals surface area contributed by atoms with Gasteiger partial charge in [-0.15, -0.1) is 0 Å². The van der Waals surface area contributed by atoms with Crippen LogP contribution in [0.3, 0.4) is 0 Å². The van der Waals surface area contributed by atoms with E-state index in [1.165, 1.54) is 50.4 Å². The van der Waals surface area contributed by atoms with Gasteiger partial charge in [-0.05, 0) is 128 Å². The van der Waals surface area contributed by atoms with Gasteiger partial charge in [-0.25, -0.2) is 18.4 Å². The van der Waals surface area contributed by atoms with Crippen molar-refractivity contribution in [2.75, 3.05) is 31.6 Å². The molecule has 0 radical (unpaired) electrons. The number of aromatic amines is 1. The van der Waals surface area contributed by atoms with Crippen molar-refractivity contribution in [3.63, 3.8) is 0 Å². The second-order valence-corrected chi connectivity index (χ2v) is 21.1. The zero-order valence-electron chi connectivity index (χ0n) is 37.1. The van der Waals surface area contributed by atoms with Crippen LogP contribution in [0.1, 0.15) is 137 Å². The van der Waals surface area contributed by atoms with Crippen LogP contribution in [0.25, 0.3) is 10.9 Å². The van der Waals surface area contributed by atoms with Crippen molar-refractivity contribution in [3.8, 4) is 5.75 Å². The number of carbonyl (C=O) groups is 3. The topological polar surface area (TPSA) is 180 Å². The maximum atomic E-state index is 13.9. The fourth-order valence-electron chi connectivity index (χ4n) is 8.97. The van der Waals surface area contributed by atoms with Crippen molar-refractivity contribution >= 4 is 50.1 Å². The monoisotopic (exact) mass is 868 g/mol. The van der Waals surface area contributed by atoms with E-state index in [1.807, 2.05) is 26.0 Å². The number of benzene rings is 2. The number of nitrogens with one attached hydrogen (secondary N) is 3. The van der Waals surface area contributed by atoms with E-state index in [1.54, 1.807) is 37.8 Å². The first kappa shape index (κ1) is 45.1. The summed E-state index contributed by atoms with van der Waals surface area (Å²) in [6.07, 6.45) is 15.8. The number of unbranched alkanes of at least 4 members (excludes halogenated alkanes) is 7. The van der Waals surface area contributed by atoms with E-state index in [4.69, 9.17) is 4.74 Å². The Labute approximate surface area is 366 Å². The molecule has 15 heteroatoms. The number of piperidine rings is 2. The van der Waals surface area contributed by atoms with Crippen LogP contribution in [0.5, 0.6) is 5.75 Å². The number of likely N-dealkylation sites (tertiary alicyclic amines) is 1. The van der Waals surface area contributed by atoms with Crippen LogP contribution in [0.2, 0.25) is 0 Å². The molecule has 7 rings (SSSR count). The highest BCUT2D eigenvalue weighted by atomic mass is 32.2. The summed E-state index contributed by atoms with van der Waals surface area (Å²) in [7, 11) is -3.76. The molecule has 1 unspecified atom stereocenters. The largest absolute Gasteiger partial charge is 0.492 e. The van der Waals surface area contributed by atoms with Gasteiger partial charge in [-0.3, -0.25) is 24.8 Å². The van der Waals surface area contributed by atoms with Crippen molar-refractivity contribution < 1.29 is 27.5 Å². The van der Waals surface area contributed by atoms with Gasteiger partial charge in [-0.1, -0.05) is 50.7 Å². The van der Waals surface area contributed by atoms with Gasteiger partial charge in [0.25, 0.3) is 5.91 Å². The summed E-state index contributed by atoms with van der Waals surface area (Å²) in [5, 5.41) is 13.5. The summed E-state index contributed by atoms with van der Waals surface area (Å²) in [5.41, 5.74) is 5.42. The van der Waals surface area contributed by atoms with Crippen LogP contribution in [0.15, 0.2) is 41.6 Å². The molecular formula is C47H64N8O6S. The lowest BCUT2D eigenvalue weighted by Crippen LogP contribution is -2.52. The minimum absolute atomic E-state index is 0.107. The Morgan fingerprint density at radius 2 is 1.63 bits per heavy atom. The first-order valence-electron chi connectivity index (χ1n) is 22.6. The molecule has 5 heterocycles. The van der Waals surface area contributed by atoms with Crippen molar-refractivity contribution in [1.29, 1.82) is 0 Å². The molecule has 62 heavy (non-hydrogen) atoms. The van der Waals surface area contributed by atoms with Gasteiger partial charge in [0.15, 0.2) is 15.7 Å². The molecule has 3 aliphatic heterocycles. The third kappa shape index (κ3) is 10.3. The minimum Gasteiger partial charge on any atom is -0.492 e. The Hall–Kier alpha value is -4.89. The number of rotatable bonds is 19. The molecule has 14 nitrogen and oxygen atoms in total. The quantitative estimate of drug-likeness (QED) is 0.0616. The molecule has 0 spiro atoms. The Bertz CT molecular complexity index is 2370. The van der Waals surface area contributed by atoms with E-state index >= 15 is 0 Å². The lowest BCUT2D eigenvalue weighted by molar-refractivity contribution is -0.136. The normalized spacial score (nSPS) is 17.8. The highest BCUT2D eigenvalue weighted by Crippen LogP contribution is 2.38. The van der Waals surface area contributed by atoms with Crippen molar-refractivity contribution in [2.24, 2.45) is 5.92 Å². The number of sulfone groups is 1. The molecule has 2 aromatic carbocycles. The van der Waals surface area contributed by atoms with E-state index in [-0.39, 0.29) is 29.0 Å². The molecule has 3 N–H and O–H groups in total. The molecule has 2 saturated heterocycles. The van der Waals surface area contributed by atoms with Gasteiger partial charge in [0.1, 0.15) is 28.8 Å². The summed E-state index contributed by atoms with van der Waals surface area (Å²) in [6, 6.07) is 8.72. The van der Waals surface area contributed by atoms with Crippen LogP contribution < -0.4 is 15.4 Å². The molecule has 3 aliphatic rings. The van der Waals surface area contributed by atoms with Gasteiger partial charge in [0.05, 0.1) is 16.9 Å². The summed E-state index contributed by atoms with van der Waals surface area (Å²) >= 11 is 0. The van der Waals surface area contributed by atoms with Crippen molar-refractivity contribution in [2.45, 2.75) is 147 Å². The Morgan fingerprint density at radius 1 is 0.903 bits per heavy atom. The summed E-state index contributed by atoms with van der Waals surface area (Å²) in [5.74, 6) is 1.23. The lowest BCUT2D eigenvalue weighted by Gasteiger charge is -2.32. The Kier molecular flexibility index (Phi) is 14.3. The predicted molar refractivity (Wildman–Crippen MR) is 240 cm³/mol. The average molecular weight is 869 g/mol. The number of fused-ring (bicyclic) bond motifs is 2. The van der Waals surface area contributed by atoms with Crippen molar-refractivity contribution in [1.82, 2.24) is 35.3 Å². The number of amides is 3. The highest BCUT2D eigenvalue weighted by molar-refractivity contribution is 7.92. The third-order valence-corrected chi connectivity index (χ3v) is 15.6. The lowest BCUT2D eigenvalue weighted by atomic mass is 9.94. The van der Waals surface area contributed by atoms with Gasteiger partial charge in [0.2, 0.25) is 11.8 Å². The fraction of sp³-hybridized carbons (Fsp3) is 0.574. The van der Waals surface area contributed by atoms with Gasteiger partial charge in [0, 0.05) is 41.2 Å². The molecule has 2 aromatic heterocycles. The fourth-order valence-corrected chi connectivity index (χ4v) is 10.3. The van der Waals surface area contributed by atoms with Crippen LogP contribution in [0.4, 0.5) is 11.6 Å². The molecule has 3 amide bonds. The number of hydrogen-bond acceptors (Lipinski definition) is 11. The number of aromatic nitrogens is 4. The van der Waals surface area contributed by atoms with Gasteiger partial charge >= 0.3 is 0 Å². The molecule has 2 fully saturated rings. The van der Waals surface area contributed by atoms with Gasteiger partial charge in [-0.2, -0.15) is 5.10 Å².